The van der Waals surface area contributed by atoms with Gasteiger partial charge in [-0.2, -0.15) is 0 Å². The van der Waals surface area contributed by atoms with Crippen LogP contribution in [0, 0.1) is 5.92 Å². The predicted molar refractivity (Wildman–Crippen MR) is 61.9 cm³/mol. The molecule has 0 spiro atoms. The number of hydrogen-bond donors (Lipinski definition) is 2. The zero-order valence-electron chi connectivity index (χ0n) is 9.08. The average molecular weight is 204 g/mol. The number of para-hydroxylation sites is 2. The summed E-state index contributed by atoms with van der Waals surface area (Å²) in [7, 11) is 0. The number of nitrogens with one attached hydrogen (secondary N) is 2. The van der Waals surface area contributed by atoms with E-state index in [1.165, 1.54) is 0 Å². The van der Waals surface area contributed by atoms with E-state index in [4.69, 9.17) is 0 Å². The summed E-state index contributed by atoms with van der Waals surface area (Å²) < 4.78 is 0. The highest BCUT2D eigenvalue weighted by Crippen LogP contribution is 2.28. The molecule has 15 heavy (non-hydrogen) atoms. The third-order valence-corrected chi connectivity index (χ3v) is 2.99. The molecule has 0 aromatic heterocycles. The lowest BCUT2D eigenvalue weighted by atomic mass is 9.96. The van der Waals surface area contributed by atoms with E-state index in [0.717, 1.165) is 17.8 Å². The van der Waals surface area contributed by atoms with Gasteiger partial charge in [-0.15, -0.1) is 0 Å². The Morgan fingerprint density at radius 1 is 1.33 bits per heavy atom. The Bertz CT molecular complexity index is 376. The molecule has 3 nitrogen and oxygen atoms in total. The molecular weight excluding hydrogens is 188 g/mol. The summed E-state index contributed by atoms with van der Waals surface area (Å²) in [6, 6.07) is 7.68. The van der Waals surface area contributed by atoms with E-state index in [2.05, 4.69) is 24.5 Å². The molecule has 1 heterocycles. The molecule has 3 heteroatoms. The van der Waals surface area contributed by atoms with Crippen molar-refractivity contribution in [2.75, 3.05) is 10.6 Å². The largest absolute Gasteiger partial charge is 0.372 e. The summed E-state index contributed by atoms with van der Waals surface area (Å²) >= 11 is 0. The van der Waals surface area contributed by atoms with E-state index in [-0.39, 0.29) is 11.9 Å². The molecular formula is C12H16N2O. The van der Waals surface area contributed by atoms with E-state index in [9.17, 15) is 4.79 Å². The van der Waals surface area contributed by atoms with Crippen LogP contribution in [-0.2, 0) is 4.79 Å². The quantitative estimate of drug-likeness (QED) is 0.777. The van der Waals surface area contributed by atoms with Gasteiger partial charge in [0.25, 0.3) is 0 Å². The van der Waals surface area contributed by atoms with Crippen LogP contribution in [0.5, 0.6) is 0 Å². The Morgan fingerprint density at radius 2 is 2.00 bits per heavy atom. The van der Waals surface area contributed by atoms with E-state index in [1.54, 1.807) is 0 Å². The fraction of sp³-hybridized carbons (Fsp3) is 0.417. The monoisotopic (exact) mass is 204 g/mol. The van der Waals surface area contributed by atoms with Crippen LogP contribution in [0.2, 0.25) is 0 Å². The van der Waals surface area contributed by atoms with Crippen LogP contribution >= 0.6 is 0 Å². The first-order valence-corrected chi connectivity index (χ1v) is 5.38. The van der Waals surface area contributed by atoms with Gasteiger partial charge in [0.2, 0.25) is 5.91 Å². The molecule has 0 saturated heterocycles. The molecule has 80 valence electrons. The molecule has 0 aliphatic carbocycles. The molecule has 0 radical (unpaired) electrons. The molecule has 0 unspecified atom stereocenters. The maximum Gasteiger partial charge on any atom is 0.247 e. The molecule has 0 bridgehead atoms. The Hall–Kier alpha value is -1.51. The summed E-state index contributed by atoms with van der Waals surface area (Å²) in [4.78, 5) is 11.8. The van der Waals surface area contributed by atoms with Gasteiger partial charge >= 0.3 is 0 Å². The zero-order chi connectivity index (χ0) is 10.8. The highest BCUT2D eigenvalue weighted by Gasteiger charge is 2.28. The minimum absolute atomic E-state index is 0.0723. The first kappa shape index (κ1) is 10.0. The molecule has 0 saturated carbocycles. The van der Waals surface area contributed by atoms with Crippen LogP contribution in [0.3, 0.4) is 0 Å². The van der Waals surface area contributed by atoms with Crippen LogP contribution in [0.1, 0.15) is 20.3 Å². The van der Waals surface area contributed by atoms with Gasteiger partial charge in [0.1, 0.15) is 6.04 Å². The smallest absolute Gasteiger partial charge is 0.247 e. The first-order valence-electron chi connectivity index (χ1n) is 5.38. The van der Waals surface area contributed by atoms with Gasteiger partial charge < -0.3 is 10.6 Å². The van der Waals surface area contributed by atoms with Crippen molar-refractivity contribution in [1.29, 1.82) is 0 Å². The number of benzene rings is 1. The number of anilines is 2. The topological polar surface area (TPSA) is 41.1 Å². The minimum Gasteiger partial charge on any atom is -0.372 e. The van der Waals surface area contributed by atoms with Crippen molar-refractivity contribution in [1.82, 2.24) is 0 Å². The van der Waals surface area contributed by atoms with E-state index in [0.29, 0.717) is 5.92 Å². The second-order valence-corrected chi connectivity index (χ2v) is 4.04. The Balaban J connectivity index is 2.26. The maximum absolute atomic E-state index is 11.8. The molecule has 0 fully saturated rings. The van der Waals surface area contributed by atoms with Crippen molar-refractivity contribution in [3.8, 4) is 0 Å². The van der Waals surface area contributed by atoms with E-state index < -0.39 is 0 Å². The average Bonchev–Trinajstić information content (AvgIpc) is 2.27. The lowest BCUT2D eigenvalue weighted by molar-refractivity contribution is -0.118. The van der Waals surface area contributed by atoms with Crippen molar-refractivity contribution >= 4 is 17.3 Å². The molecule has 1 aromatic rings. The van der Waals surface area contributed by atoms with Gasteiger partial charge in [0.15, 0.2) is 0 Å². The number of rotatable bonds is 2. The van der Waals surface area contributed by atoms with Crippen molar-refractivity contribution in [2.24, 2.45) is 5.92 Å². The predicted octanol–water partition coefficient (Wildman–Crippen LogP) is 2.47. The maximum atomic E-state index is 11.8. The lowest BCUT2D eigenvalue weighted by Crippen LogP contribution is -2.43. The van der Waals surface area contributed by atoms with Crippen molar-refractivity contribution in [3.05, 3.63) is 24.3 Å². The SMILES string of the molecule is CC[C@@H](C)[C@H]1Nc2ccccc2NC1=O. The number of fused-ring (bicyclic) bond motifs is 1. The standard InChI is InChI=1S/C12H16N2O/c1-3-8(2)11-12(15)14-10-7-5-4-6-9(10)13-11/h4-8,11,13H,3H2,1-2H3,(H,14,15)/t8-,11-/m1/s1. The van der Waals surface area contributed by atoms with Gasteiger partial charge in [-0.1, -0.05) is 32.4 Å². The third-order valence-electron chi connectivity index (χ3n) is 2.99. The van der Waals surface area contributed by atoms with Gasteiger partial charge in [-0.05, 0) is 18.1 Å². The fourth-order valence-corrected chi connectivity index (χ4v) is 1.80. The lowest BCUT2D eigenvalue weighted by Gasteiger charge is -2.30. The van der Waals surface area contributed by atoms with Gasteiger partial charge in [0, 0.05) is 0 Å². The minimum atomic E-state index is -0.107. The Labute approximate surface area is 89.9 Å². The molecule has 2 atom stereocenters. The summed E-state index contributed by atoms with van der Waals surface area (Å²) in [5.74, 6) is 0.418. The summed E-state index contributed by atoms with van der Waals surface area (Å²) in [6.07, 6.45) is 0.993. The first-order chi connectivity index (χ1) is 7.22. The molecule has 2 rings (SSSR count). The summed E-state index contributed by atoms with van der Waals surface area (Å²) in [5, 5.41) is 6.21. The van der Waals surface area contributed by atoms with Crippen LogP contribution in [0.25, 0.3) is 0 Å². The van der Waals surface area contributed by atoms with E-state index in [1.807, 2.05) is 24.3 Å². The normalized spacial score (nSPS) is 21.2. The fourth-order valence-electron chi connectivity index (χ4n) is 1.80. The number of carbonyl (C=O) groups excluding carboxylic acids is 1. The summed E-state index contributed by atoms with van der Waals surface area (Å²) in [6.45, 7) is 4.19. The number of hydrogen-bond acceptors (Lipinski definition) is 2. The number of amides is 1. The second kappa shape index (κ2) is 3.93. The molecule has 1 amide bonds. The summed E-state index contributed by atoms with van der Waals surface area (Å²) in [5.41, 5.74) is 1.89. The molecule has 1 aliphatic heterocycles. The Morgan fingerprint density at radius 3 is 2.67 bits per heavy atom. The zero-order valence-corrected chi connectivity index (χ0v) is 9.08. The van der Waals surface area contributed by atoms with Crippen LogP contribution < -0.4 is 10.6 Å². The van der Waals surface area contributed by atoms with Crippen LogP contribution in [0.4, 0.5) is 11.4 Å². The van der Waals surface area contributed by atoms with Crippen molar-refractivity contribution in [2.45, 2.75) is 26.3 Å². The molecule has 1 aromatic carbocycles. The highest BCUT2D eigenvalue weighted by atomic mass is 16.2. The van der Waals surface area contributed by atoms with Crippen molar-refractivity contribution in [3.63, 3.8) is 0 Å². The van der Waals surface area contributed by atoms with Crippen LogP contribution in [0.15, 0.2) is 24.3 Å². The molecule has 2 N–H and O–H groups in total. The Kier molecular flexibility index (Phi) is 2.62. The van der Waals surface area contributed by atoms with Gasteiger partial charge in [-0.3, -0.25) is 4.79 Å². The van der Waals surface area contributed by atoms with Crippen molar-refractivity contribution < 1.29 is 4.79 Å². The second-order valence-electron chi connectivity index (χ2n) is 4.04. The third kappa shape index (κ3) is 1.82. The van der Waals surface area contributed by atoms with Crippen LogP contribution in [-0.4, -0.2) is 11.9 Å². The molecule has 1 aliphatic rings. The van der Waals surface area contributed by atoms with E-state index >= 15 is 0 Å². The number of carbonyl (C=O) groups is 1. The van der Waals surface area contributed by atoms with Gasteiger partial charge in [0.05, 0.1) is 11.4 Å². The highest BCUT2D eigenvalue weighted by molar-refractivity contribution is 6.03. The van der Waals surface area contributed by atoms with Gasteiger partial charge in [-0.25, -0.2) is 0 Å².